The Balaban J connectivity index is 1.98. The van der Waals surface area contributed by atoms with Gasteiger partial charge in [0.1, 0.15) is 5.82 Å². The van der Waals surface area contributed by atoms with E-state index in [2.05, 4.69) is 0 Å². The number of hydrogen-bond donors (Lipinski definition) is 1. The molecule has 0 aliphatic heterocycles. The summed E-state index contributed by atoms with van der Waals surface area (Å²) in [6.45, 7) is 1.24. The Morgan fingerprint density at radius 2 is 1.90 bits per heavy atom. The highest BCUT2D eigenvalue weighted by Crippen LogP contribution is 2.30. The fourth-order valence-electron chi connectivity index (χ4n) is 2.70. The number of rotatable bonds is 5. The summed E-state index contributed by atoms with van der Waals surface area (Å²) in [6.07, 6.45) is 2.90. The van der Waals surface area contributed by atoms with E-state index in [9.17, 15) is 9.18 Å². The van der Waals surface area contributed by atoms with Crippen molar-refractivity contribution in [1.82, 2.24) is 4.90 Å². The highest BCUT2D eigenvalue weighted by molar-refractivity contribution is 6.07. The molecule has 0 spiro atoms. The number of amides is 1. The van der Waals surface area contributed by atoms with Crippen LogP contribution in [0.5, 0.6) is 0 Å². The van der Waals surface area contributed by atoms with Gasteiger partial charge in [0.25, 0.3) is 5.91 Å². The van der Waals surface area contributed by atoms with E-state index < -0.39 is 0 Å². The smallest absolute Gasteiger partial charge is 0.254 e. The molecule has 21 heavy (non-hydrogen) atoms. The zero-order valence-corrected chi connectivity index (χ0v) is 11.9. The van der Waals surface area contributed by atoms with Gasteiger partial charge >= 0.3 is 0 Å². The maximum Gasteiger partial charge on any atom is 0.254 e. The summed E-state index contributed by atoms with van der Waals surface area (Å²) in [7, 11) is 0. The van der Waals surface area contributed by atoms with E-state index in [0.717, 1.165) is 19.3 Å². The summed E-state index contributed by atoms with van der Waals surface area (Å²) in [4.78, 5) is 14.7. The van der Waals surface area contributed by atoms with Gasteiger partial charge in [0.2, 0.25) is 0 Å². The Kier molecular flexibility index (Phi) is 3.88. The van der Waals surface area contributed by atoms with Crippen LogP contribution in [0, 0.1) is 5.82 Å². The van der Waals surface area contributed by atoms with Gasteiger partial charge in [-0.1, -0.05) is 24.3 Å². The van der Waals surface area contributed by atoms with Gasteiger partial charge in [-0.25, -0.2) is 4.39 Å². The Morgan fingerprint density at radius 1 is 1.19 bits per heavy atom. The molecule has 0 bridgehead atoms. The van der Waals surface area contributed by atoms with Crippen molar-refractivity contribution in [3.8, 4) is 0 Å². The molecule has 0 heterocycles. The van der Waals surface area contributed by atoms with Gasteiger partial charge in [-0.3, -0.25) is 4.79 Å². The van der Waals surface area contributed by atoms with E-state index >= 15 is 0 Å². The van der Waals surface area contributed by atoms with E-state index in [0.29, 0.717) is 35.5 Å². The van der Waals surface area contributed by atoms with Crippen molar-refractivity contribution >= 4 is 16.7 Å². The largest absolute Gasteiger partial charge is 0.336 e. The van der Waals surface area contributed by atoms with Crippen molar-refractivity contribution in [3.05, 3.63) is 47.8 Å². The summed E-state index contributed by atoms with van der Waals surface area (Å²) in [5, 5.41) is 1.18. The van der Waals surface area contributed by atoms with E-state index in [-0.39, 0.29) is 11.7 Å². The lowest BCUT2D eigenvalue weighted by molar-refractivity contribution is 0.0744. The molecule has 1 fully saturated rings. The fraction of sp³-hybridized carbons (Fsp3) is 0.353. The van der Waals surface area contributed by atoms with Crippen LogP contribution in [0.15, 0.2) is 36.4 Å². The van der Waals surface area contributed by atoms with Crippen LogP contribution in [-0.4, -0.2) is 29.9 Å². The minimum atomic E-state index is -0.290. The fourth-order valence-corrected chi connectivity index (χ4v) is 2.70. The second kappa shape index (κ2) is 5.82. The highest BCUT2D eigenvalue weighted by atomic mass is 19.1. The molecule has 0 unspecified atom stereocenters. The molecule has 0 saturated heterocycles. The molecule has 1 aliphatic rings. The van der Waals surface area contributed by atoms with Crippen LogP contribution in [-0.2, 0) is 0 Å². The van der Waals surface area contributed by atoms with Crippen LogP contribution in [0.2, 0.25) is 0 Å². The molecule has 4 heteroatoms. The minimum Gasteiger partial charge on any atom is -0.336 e. The molecule has 0 radical (unpaired) electrons. The first-order valence-corrected chi connectivity index (χ1v) is 7.40. The summed E-state index contributed by atoms with van der Waals surface area (Å²) in [5.41, 5.74) is 6.14. The third-order valence-electron chi connectivity index (χ3n) is 3.95. The molecule has 0 aromatic heterocycles. The van der Waals surface area contributed by atoms with Crippen LogP contribution in [0.1, 0.15) is 29.6 Å². The predicted molar refractivity (Wildman–Crippen MR) is 81.6 cm³/mol. The lowest BCUT2D eigenvalue weighted by Crippen LogP contribution is -2.35. The number of nitrogens with two attached hydrogens (primary N) is 1. The van der Waals surface area contributed by atoms with Gasteiger partial charge in [-0.05, 0) is 43.3 Å². The Bertz CT molecular complexity index is 667. The van der Waals surface area contributed by atoms with Crippen LogP contribution in [0.3, 0.4) is 0 Å². The molecule has 3 rings (SSSR count). The van der Waals surface area contributed by atoms with Crippen molar-refractivity contribution in [2.75, 3.05) is 13.1 Å². The highest BCUT2D eigenvalue weighted by Gasteiger charge is 2.33. The first-order valence-electron chi connectivity index (χ1n) is 7.40. The molecule has 1 saturated carbocycles. The maximum absolute atomic E-state index is 13.9. The number of carbonyl (C=O) groups is 1. The minimum absolute atomic E-state index is 0.0119. The van der Waals surface area contributed by atoms with Crippen LogP contribution < -0.4 is 5.73 Å². The van der Waals surface area contributed by atoms with Crippen molar-refractivity contribution in [3.63, 3.8) is 0 Å². The van der Waals surface area contributed by atoms with Gasteiger partial charge in [0, 0.05) is 23.5 Å². The zero-order chi connectivity index (χ0) is 14.8. The number of benzene rings is 2. The van der Waals surface area contributed by atoms with Crippen LogP contribution in [0.25, 0.3) is 10.8 Å². The summed E-state index contributed by atoms with van der Waals surface area (Å²) in [6, 6.07) is 10.4. The predicted octanol–water partition coefficient (Wildman–Crippen LogP) is 2.93. The average Bonchev–Trinajstić information content (AvgIpc) is 3.33. The first-order chi connectivity index (χ1) is 10.2. The second-order valence-electron chi connectivity index (χ2n) is 5.51. The van der Waals surface area contributed by atoms with Gasteiger partial charge in [-0.2, -0.15) is 0 Å². The van der Waals surface area contributed by atoms with E-state index in [1.54, 1.807) is 24.3 Å². The van der Waals surface area contributed by atoms with Crippen LogP contribution in [0.4, 0.5) is 4.39 Å². The molecule has 1 amide bonds. The molecule has 2 aromatic rings. The van der Waals surface area contributed by atoms with Crippen molar-refractivity contribution in [2.45, 2.75) is 25.3 Å². The molecule has 2 aromatic carbocycles. The number of fused-ring (bicyclic) bond motifs is 1. The number of nitrogens with zero attached hydrogens (tertiary/aromatic N) is 1. The molecular weight excluding hydrogens is 267 g/mol. The van der Waals surface area contributed by atoms with Gasteiger partial charge in [0.05, 0.1) is 0 Å². The lowest BCUT2D eigenvalue weighted by Gasteiger charge is -2.23. The average molecular weight is 286 g/mol. The van der Waals surface area contributed by atoms with Gasteiger partial charge in [-0.15, -0.1) is 0 Å². The summed E-state index contributed by atoms with van der Waals surface area (Å²) in [5.74, 6) is -0.302. The van der Waals surface area contributed by atoms with Crippen LogP contribution >= 0.6 is 0 Å². The molecule has 110 valence electrons. The first kappa shape index (κ1) is 14.0. The van der Waals surface area contributed by atoms with Gasteiger partial charge in [0.15, 0.2) is 0 Å². The van der Waals surface area contributed by atoms with Crippen molar-refractivity contribution in [2.24, 2.45) is 5.73 Å². The topological polar surface area (TPSA) is 46.3 Å². The monoisotopic (exact) mass is 286 g/mol. The quantitative estimate of drug-likeness (QED) is 0.918. The summed E-state index contributed by atoms with van der Waals surface area (Å²) < 4.78 is 13.9. The third kappa shape index (κ3) is 2.76. The molecule has 2 N–H and O–H groups in total. The molecular formula is C17H19FN2O. The Morgan fingerprint density at radius 3 is 2.57 bits per heavy atom. The number of halogens is 1. The Labute approximate surface area is 123 Å². The lowest BCUT2D eigenvalue weighted by atomic mass is 10.0. The zero-order valence-electron chi connectivity index (χ0n) is 11.9. The third-order valence-corrected chi connectivity index (χ3v) is 3.95. The number of carbonyl (C=O) groups excluding carboxylic acids is 1. The molecule has 1 aliphatic carbocycles. The molecule has 3 nitrogen and oxygen atoms in total. The number of hydrogen-bond acceptors (Lipinski definition) is 2. The van der Waals surface area contributed by atoms with E-state index in [1.165, 1.54) is 6.07 Å². The van der Waals surface area contributed by atoms with E-state index in [4.69, 9.17) is 5.73 Å². The molecule has 0 atom stereocenters. The Hall–Kier alpha value is -1.94. The standard InChI is InChI=1S/C17H19FN2O/c18-16-9-8-15(13-4-1-2-5-14(13)16)17(21)20(11-3-10-19)12-6-7-12/h1-2,4-5,8-9,12H,3,6-7,10-11,19H2. The van der Waals surface area contributed by atoms with E-state index in [1.807, 2.05) is 11.0 Å². The van der Waals surface area contributed by atoms with Crippen molar-refractivity contribution < 1.29 is 9.18 Å². The normalized spacial score (nSPS) is 14.4. The maximum atomic E-state index is 13.9. The second-order valence-corrected chi connectivity index (χ2v) is 5.51. The SMILES string of the molecule is NCCCN(C(=O)c1ccc(F)c2ccccc12)C1CC1. The summed E-state index contributed by atoms with van der Waals surface area (Å²) >= 11 is 0. The van der Waals surface area contributed by atoms with Gasteiger partial charge < -0.3 is 10.6 Å². The van der Waals surface area contributed by atoms with Crippen molar-refractivity contribution in [1.29, 1.82) is 0 Å².